The summed E-state index contributed by atoms with van der Waals surface area (Å²) in [6, 6.07) is 0. The first-order chi connectivity index (χ1) is 8.94. The van der Waals surface area contributed by atoms with E-state index in [4.69, 9.17) is 0 Å². The molecule has 0 aromatic heterocycles. The van der Waals surface area contributed by atoms with Crippen molar-refractivity contribution in [1.82, 2.24) is 0 Å². The average Bonchev–Trinajstić information content (AvgIpc) is 2.27. The topological polar surface area (TPSA) is 150 Å². The van der Waals surface area contributed by atoms with Gasteiger partial charge in [0, 0.05) is 62.6 Å². The van der Waals surface area contributed by atoms with E-state index in [1.165, 1.54) is 0 Å². The van der Waals surface area contributed by atoms with Crippen molar-refractivity contribution in [3.05, 3.63) is 30.3 Å². The van der Waals surface area contributed by atoms with Crippen molar-refractivity contribution in [2.45, 2.75) is 26.2 Å². The fourth-order valence-corrected chi connectivity index (χ4v) is 6.09. The molecule has 2 atom stereocenters. The van der Waals surface area contributed by atoms with Gasteiger partial charge >= 0.3 is 0 Å². The summed E-state index contributed by atoms with van der Waals surface area (Å²) in [7, 11) is 0. The predicted octanol–water partition coefficient (Wildman–Crippen LogP) is 1.49. The molecule has 0 aromatic carbocycles. The SMILES string of the molecule is O=[N+]([O-])C1(Br)CC(Br)([N+](=O)[O-])C(CO)C(Br)([N+](=O)[O-])C1. The lowest BCUT2D eigenvalue weighted by Crippen LogP contribution is -2.65. The second kappa shape index (κ2) is 5.42. The van der Waals surface area contributed by atoms with Gasteiger partial charge in [-0.2, -0.15) is 0 Å². The molecule has 0 saturated heterocycles. The van der Waals surface area contributed by atoms with Crippen molar-refractivity contribution < 1.29 is 19.9 Å². The van der Waals surface area contributed by atoms with Crippen LogP contribution in [0.4, 0.5) is 0 Å². The average molecular weight is 486 g/mol. The van der Waals surface area contributed by atoms with Crippen molar-refractivity contribution >= 4 is 47.8 Å². The molecule has 1 rings (SSSR count). The Bertz CT molecular complexity index is 447. The van der Waals surface area contributed by atoms with Gasteiger partial charge in [-0.3, -0.25) is 30.3 Å². The Hall–Kier alpha value is -0.400. The van der Waals surface area contributed by atoms with E-state index in [9.17, 15) is 35.4 Å². The fourth-order valence-electron chi connectivity index (χ4n) is 2.20. The van der Waals surface area contributed by atoms with Gasteiger partial charge in [-0.1, -0.05) is 0 Å². The minimum atomic E-state index is -2.22. The normalized spacial score (nSPS) is 41.1. The Balaban J connectivity index is 3.50. The van der Waals surface area contributed by atoms with Crippen molar-refractivity contribution in [3.8, 4) is 0 Å². The lowest BCUT2D eigenvalue weighted by atomic mass is 9.78. The van der Waals surface area contributed by atoms with Gasteiger partial charge in [-0.25, -0.2) is 0 Å². The maximum absolute atomic E-state index is 11.2. The van der Waals surface area contributed by atoms with Crippen LogP contribution >= 0.6 is 47.8 Å². The highest BCUT2D eigenvalue weighted by atomic mass is 79.9. The zero-order valence-corrected chi connectivity index (χ0v) is 14.3. The minimum absolute atomic E-state index is 0.660. The van der Waals surface area contributed by atoms with Crippen LogP contribution in [-0.4, -0.2) is 39.8 Å². The summed E-state index contributed by atoms with van der Waals surface area (Å²) in [4.78, 5) is 30.9. The van der Waals surface area contributed by atoms with Crippen molar-refractivity contribution in [1.29, 1.82) is 0 Å². The summed E-state index contributed by atoms with van der Waals surface area (Å²) in [5.41, 5.74) is 0. The molecule has 13 heteroatoms. The number of alkyl halides is 3. The molecule has 1 aliphatic carbocycles. The molecule has 20 heavy (non-hydrogen) atoms. The Morgan fingerprint density at radius 2 is 1.30 bits per heavy atom. The van der Waals surface area contributed by atoms with Gasteiger partial charge < -0.3 is 5.11 Å². The van der Waals surface area contributed by atoms with E-state index in [1.807, 2.05) is 0 Å². The van der Waals surface area contributed by atoms with Crippen LogP contribution in [0, 0.1) is 36.3 Å². The third-order valence-electron chi connectivity index (χ3n) is 3.22. The molecule has 0 radical (unpaired) electrons. The van der Waals surface area contributed by atoms with Crippen LogP contribution in [-0.2, 0) is 0 Å². The molecule has 1 fully saturated rings. The van der Waals surface area contributed by atoms with Crippen LogP contribution in [0.5, 0.6) is 0 Å². The van der Waals surface area contributed by atoms with E-state index in [2.05, 4.69) is 47.8 Å². The molecule has 0 aromatic rings. The number of aliphatic hydroxyl groups is 1. The van der Waals surface area contributed by atoms with E-state index in [0.717, 1.165) is 0 Å². The highest BCUT2D eigenvalue weighted by Crippen LogP contribution is 2.56. The second-order valence-electron chi connectivity index (χ2n) is 4.42. The number of aliphatic hydroxyl groups excluding tert-OH is 1. The van der Waals surface area contributed by atoms with Crippen LogP contribution < -0.4 is 0 Å². The minimum Gasteiger partial charge on any atom is -0.395 e. The third-order valence-corrected chi connectivity index (χ3v) is 6.32. The molecule has 0 spiro atoms. The van der Waals surface area contributed by atoms with Gasteiger partial charge in [0.1, 0.15) is 18.8 Å². The van der Waals surface area contributed by atoms with Gasteiger partial charge in [0.2, 0.25) is 0 Å². The van der Waals surface area contributed by atoms with E-state index in [-0.39, 0.29) is 0 Å². The molecule has 1 aliphatic rings. The molecular formula is C7H8Br3N3O7. The number of hydrogen-bond acceptors (Lipinski definition) is 7. The van der Waals surface area contributed by atoms with Crippen molar-refractivity contribution in [3.63, 3.8) is 0 Å². The van der Waals surface area contributed by atoms with E-state index in [0.29, 0.717) is 0 Å². The Labute approximate surface area is 136 Å². The monoisotopic (exact) mass is 483 g/mol. The van der Waals surface area contributed by atoms with Crippen LogP contribution in [0.2, 0.25) is 0 Å². The molecule has 0 bridgehead atoms. The molecule has 1 saturated carbocycles. The maximum Gasteiger partial charge on any atom is 0.295 e. The number of hydrogen-bond donors (Lipinski definition) is 1. The Morgan fingerprint density at radius 1 is 0.950 bits per heavy atom. The summed E-state index contributed by atoms with van der Waals surface area (Å²) < 4.78 is -6.49. The quantitative estimate of drug-likeness (QED) is 0.274. The summed E-state index contributed by atoms with van der Waals surface area (Å²) >= 11 is 8.25. The first-order valence-electron chi connectivity index (χ1n) is 5.05. The van der Waals surface area contributed by atoms with Gasteiger partial charge in [0.25, 0.3) is 13.3 Å². The predicted molar refractivity (Wildman–Crippen MR) is 75.8 cm³/mol. The van der Waals surface area contributed by atoms with E-state index < -0.39 is 53.5 Å². The molecule has 0 amide bonds. The Morgan fingerprint density at radius 3 is 1.50 bits per heavy atom. The number of rotatable bonds is 4. The van der Waals surface area contributed by atoms with Gasteiger partial charge in [-0.15, -0.1) is 0 Å². The van der Waals surface area contributed by atoms with Gasteiger partial charge in [0.05, 0.1) is 6.61 Å². The van der Waals surface area contributed by atoms with Gasteiger partial charge in [-0.05, 0) is 0 Å². The standard InChI is InChI=1S/C7H8Br3N3O7/c8-5(11(15)16)2-6(9,12(17)18)4(1-14)7(10,3-5)13(19)20/h4,14H,1-3H2. The molecule has 0 heterocycles. The lowest BCUT2D eigenvalue weighted by molar-refractivity contribution is -0.635. The van der Waals surface area contributed by atoms with Crippen LogP contribution in [0.15, 0.2) is 0 Å². The molecule has 114 valence electrons. The third kappa shape index (κ3) is 2.55. The smallest absolute Gasteiger partial charge is 0.295 e. The lowest BCUT2D eigenvalue weighted by Gasteiger charge is -2.41. The zero-order chi connectivity index (χ0) is 15.9. The van der Waals surface area contributed by atoms with Crippen molar-refractivity contribution in [2.24, 2.45) is 5.92 Å². The van der Waals surface area contributed by atoms with E-state index in [1.54, 1.807) is 0 Å². The largest absolute Gasteiger partial charge is 0.395 e. The molecule has 2 unspecified atom stereocenters. The first-order valence-corrected chi connectivity index (χ1v) is 7.43. The first kappa shape index (κ1) is 17.7. The molecular weight excluding hydrogens is 478 g/mol. The highest BCUT2D eigenvalue weighted by Gasteiger charge is 2.75. The highest BCUT2D eigenvalue weighted by molar-refractivity contribution is 9.11. The van der Waals surface area contributed by atoms with Crippen molar-refractivity contribution in [2.75, 3.05) is 6.61 Å². The molecule has 10 nitrogen and oxygen atoms in total. The summed E-state index contributed by atoms with van der Waals surface area (Å²) in [6.07, 6.45) is -1.32. The van der Waals surface area contributed by atoms with Gasteiger partial charge in [0.15, 0.2) is 0 Å². The number of halogens is 3. The van der Waals surface area contributed by atoms with E-state index >= 15 is 0 Å². The number of nitro groups is 3. The molecule has 0 aliphatic heterocycles. The summed E-state index contributed by atoms with van der Waals surface area (Å²) in [5, 5.41) is 42.9. The Kier molecular flexibility index (Phi) is 4.78. The van der Waals surface area contributed by atoms with Crippen LogP contribution in [0.1, 0.15) is 12.8 Å². The molecule has 1 N–H and O–H groups in total. The van der Waals surface area contributed by atoms with Crippen LogP contribution in [0.3, 0.4) is 0 Å². The zero-order valence-electron chi connectivity index (χ0n) is 9.57. The maximum atomic E-state index is 11.2. The van der Waals surface area contributed by atoms with Crippen LogP contribution in [0.25, 0.3) is 0 Å². The number of nitrogens with zero attached hydrogens (tertiary/aromatic N) is 3. The summed E-state index contributed by atoms with van der Waals surface area (Å²) in [5.74, 6) is -1.49. The summed E-state index contributed by atoms with van der Waals surface area (Å²) in [6.45, 7) is -0.890. The fraction of sp³-hybridized carbons (Fsp3) is 1.00. The second-order valence-corrected chi connectivity index (χ2v) is 8.64.